The van der Waals surface area contributed by atoms with E-state index < -0.39 is 0 Å². The summed E-state index contributed by atoms with van der Waals surface area (Å²) in [7, 11) is 0. The van der Waals surface area contributed by atoms with E-state index in [9.17, 15) is 5.11 Å². The third-order valence-electron chi connectivity index (χ3n) is 6.66. The molecule has 0 aliphatic carbocycles. The van der Waals surface area contributed by atoms with Crippen LogP contribution in [0.15, 0.2) is 18.2 Å². The number of hydrogen-bond donors (Lipinski definition) is 1. The summed E-state index contributed by atoms with van der Waals surface area (Å²) in [6.07, 6.45) is 26.6. The third kappa shape index (κ3) is 18.2. The van der Waals surface area contributed by atoms with E-state index in [-0.39, 0.29) is 6.61 Å². The van der Waals surface area contributed by atoms with E-state index >= 15 is 0 Å². The SMILES string of the molecule is CCCCCCCCCCCCCOc1cc(CO)cc(OCCCCCCCCCCC)c1. The Balaban J connectivity index is 2.09. The van der Waals surface area contributed by atoms with E-state index in [1.54, 1.807) is 0 Å². The fourth-order valence-electron chi connectivity index (χ4n) is 4.45. The highest BCUT2D eigenvalue weighted by molar-refractivity contribution is 5.38. The van der Waals surface area contributed by atoms with Crippen molar-refractivity contribution in [1.82, 2.24) is 0 Å². The van der Waals surface area contributed by atoms with Crippen LogP contribution < -0.4 is 9.47 Å². The lowest BCUT2D eigenvalue weighted by Gasteiger charge is -2.12. The van der Waals surface area contributed by atoms with E-state index in [2.05, 4.69) is 13.8 Å². The van der Waals surface area contributed by atoms with Gasteiger partial charge in [0.2, 0.25) is 0 Å². The summed E-state index contributed by atoms with van der Waals surface area (Å²) in [5, 5.41) is 9.59. The van der Waals surface area contributed by atoms with Gasteiger partial charge in [0.25, 0.3) is 0 Å². The minimum atomic E-state index is 0.0179. The third-order valence-corrected chi connectivity index (χ3v) is 6.66. The maximum Gasteiger partial charge on any atom is 0.123 e. The number of unbranched alkanes of at least 4 members (excludes halogenated alkanes) is 18. The Morgan fingerprint density at radius 1 is 0.471 bits per heavy atom. The van der Waals surface area contributed by atoms with Gasteiger partial charge >= 0.3 is 0 Å². The minimum absolute atomic E-state index is 0.0179. The zero-order valence-corrected chi connectivity index (χ0v) is 22.8. The van der Waals surface area contributed by atoms with E-state index in [0.29, 0.717) is 0 Å². The molecule has 1 rings (SSSR count). The van der Waals surface area contributed by atoms with Crippen molar-refractivity contribution in [2.75, 3.05) is 13.2 Å². The summed E-state index contributed by atoms with van der Waals surface area (Å²) >= 11 is 0. The van der Waals surface area contributed by atoms with Crippen LogP contribution in [0.2, 0.25) is 0 Å². The van der Waals surface area contributed by atoms with Crippen LogP contribution in [0, 0.1) is 0 Å². The highest BCUT2D eigenvalue weighted by atomic mass is 16.5. The van der Waals surface area contributed by atoms with Crippen LogP contribution in [0.4, 0.5) is 0 Å². The van der Waals surface area contributed by atoms with Crippen molar-refractivity contribution in [1.29, 1.82) is 0 Å². The standard InChI is InChI=1S/C31H56O3/c1-3-5-7-9-11-13-14-16-18-20-22-24-34-31-26-29(28-32)25-30(27-31)33-23-21-19-17-15-12-10-8-6-4-2/h25-27,32H,3-24,28H2,1-2H3. The van der Waals surface area contributed by atoms with Gasteiger partial charge in [-0.3, -0.25) is 0 Å². The molecule has 0 heterocycles. The van der Waals surface area contributed by atoms with Crippen molar-refractivity contribution in [2.45, 2.75) is 149 Å². The van der Waals surface area contributed by atoms with Gasteiger partial charge in [-0.1, -0.05) is 129 Å². The molecule has 1 aromatic carbocycles. The summed E-state index contributed by atoms with van der Waals surface area (Å²) in [6, 6.07) is 5.85. The molecule has 0 aromatic heterocycles. The van der Waals surface area contributed by atoms with Gasteiger partial charge in [-0.25, -0.2) is 0 Å². The molecule has 3 nitrogen and oxygen atoms in total. The van der Waals surface area contributed by atoms with E-state index in [0.717, 1.165) is 43.1 Å². The Kier molecular flexibility index (Phi) is 21.3. The van der Waals surface area contributed by atoms with E-state index in [1.807, 2.05) is 18.2 Å². The van der Waals surface area contributed by atoms with Crippen LogP contribution in [-0.2, 0) is 6.61 Å². The molecule has 34 heavy (non-hydrogen) atoms. The molecular weight excluding hydrogens is 420 g/mol. The number of aliphatic hydroxyl groups is 1. The van der Waals surface area contributed by atoms with Gasteiger partial charge in [-0.05, 0) is 30.5 Å². The summed E-state index contributed by atoms with van der Waals surface area (Å²) < 4.78 is 12.0. The first kappa shape index (κ1) is 30.8. The minimum Gasteiger partial charge on any atom is -0.493 e. The van der Waals surface area contributed by atoms with Gasteiger partial charge in [-0.15, -0.1) is 0 Å². The Hall–Kier alpha value is -1.22. The van der Waals surface area contributed by atoms with Crippen molar-refractivity contribution < 1.29 is 14.6 Å². The fraction of sp³-hybridized carbons (Fsp3) is 0.806. The molecule has 1 N–H and O–H groups in total. The lowest BCUT2D eigenvalue weighted by atomic mass is 10.1. The van der Waals surface area contributed by atoms with E-state index in [4.69, 9.17) is 9.47 Å². The molecule has 0 saturated carbocycles. The molecule has 0 spiro atoms. The molecule has 0 atom stereocenters. The predicted molar refractivity (Wildman–Crippen MR) is 147 cm³/mol. The van der Waals surface area contributed by atoms with Gasteiger partial charge < -0.3 is 14.6 Å². The van der Waals surface area contributed by atoms with Crippen LogP contribution in [0.3, 0.4) is 0 Å². The molecule has 1 aromatic rings. The quantitative estimate of drug-likeness (QED) is 0.143. The first-order chi connectivity index (χ1) is 16.8. The van der Waals surface area contributed by atoms with Crippen LogP contribution in [-0.4, -0.2) is 18.3 Å². The highest BCUT2D eigenvalue weighted by Crippen LogP contribution is 2.24. The fourth-order valence-corrected chi connectivity index (χ4v) is 4.45. The zero-order valence-electron chi connectivity index (χ0n) is 22.8. The average Bonchev–Trinajstić information content (AvgIpc) is 2.85. The smallest absolute Gasteiger partial charge is 0.123 e. The van der Waals surface area contributed by atoms with Gasteiger partial charge in [0.15, 0.2) is 0 Å². The Morgan fingerprint density at radius 3 is 1.12 bits per heavy atom. The lowest BCUT2D eigenvalue weighted by molar-refractivity contribution is 0.271. The number of aliphatic hydroxyl groups excluding tert-OH is 1. The normalized spacial score (nSPS) is 11.1. The van der Waals surface area contributed by atoms with E-state index in [1.165, 1.54) is 116 Å². The molecule has 0 radical (unpaired) electrons. The Bertz CT molecular complexity index is 558. The van der Waals surface area contributed by atoms with Crippen molar-refractivity contribution in [3.8, 4) is 11.5 Å². The summed E-state index contributed by atoms with van der Waals surface area (Å²) in [6.45, 7) is 6.04. The van der Waals surface area contributed by atoms with Crippen LogP contribution in [0.5, 0.6) is 11.5 Å². The van der Waals surface area contributed by atoms with Crippen molar-refractivity contribution in [3.05, 3.63) is 23.8 Å². The maximum atomic E-state index is 9.59. The number of benzene rings is 1. The monoisotopic (exact) mass is 476 g/mol. The molecule has 0 amide bonds. The van der Waals surface area contributed by atoms with Crippen molar-refractivity contribution in [3.63, 3.8) is 0 Å². The second-order valence-electron chi connectivity index (χ2n) is 10.0. The number of ether oxygens (including phenoxy) is 2. The van der Waals surface area contributed by atoms with Crippen LogP contribution in [0.25, 0.3) is 0 Å². The predicted octanol–water partition coefficient (Wildman–Crippen LogP) is 9.78. The van der Waals surface area contributed by atoms with Gasteiger partial charge in [0, 0.05) is 6.07 Å². The molecule has 0 saturated heterocycles. The lowest BCUT2D eigenvalue weighted by Crippen LogP contribution is -2.01. The van der Waals surface area contributed by atoms with Crippen molar-refractivity contribution >= 4 is 0 Å². The molecule has 0 fully saturated rings. The molecule has 3 heteroatoms. The molecule has 0 bridgehead atoms. The number of rotatable bonds is 25. The summed E-state index contributed by atoms with van der Waals surface area (Å²) in [5.74, 6) is 1.64. The van der Waals surface area contributed by atoms with Gasteiger partial charge in [-0.2, -0.15) is 0 Å². The first-order valence-corrected chi connectivity index (χ1v) is 14.8. The van der Waals surface area contributed by atoms with Gasteiger partial charge in [0.05, 0.1) is 19.8 Å². The summed E-state index contributed by atoms with van der Waals surface area (Å²) in [5.41, 5.74) is 0.860. The number of hydrogen-bond acceptors (Lipinski definition) is 3. The summed E-state index contributed by atoms with van der Waals surface area (Å²) in [4.78, 5) is 0. The van der Waals surface area contributed by atoms with Gasteiger partial charge in [0.1, 0.15) is 11.5 Å². The zero-order chi connectivity index (χ0) is 24.5. The molecule has 0 unspecified atom stereocenters. The second kappa shape index (κ2) is 23.5. The average molecular weight is 477 g/mol. The molecule has 0 aliphatic heterocycles. The second-order valence-corrected chi connectivity index (χ2v) is 10.0. The molecular formula is C31H56O3. The van der Waals surface area contributed by atoms with Crippen molar-refractivity contribution in [2.24, 2.45) is 0 Å². The highest BCUT2D eigenvalue weighted by Gasteiger charge is 2.04. The van der Waals surface area contributed by atoms with Crippen LogP contribution >= 0.6 is 0 Å². The largest absolute Gasteiger partial charge is 0.493 e. The topological polar surface area (TPSA) is 38.7 Å². The molecule has 0 aliphatic rings. The Morgan fingerprint density at radius 2 is 0.794 bits per heavy atom. The maximum absolute atomic E-state index is 9.59. The first-order valence-electron chi connectivity index (χ1n) is 14.8. The molecule has 198 valence electrons. The van der Waals surface area contributed by atoms with Crippen LogP contribution in [0.1, 0.15) is 148 Å². The Labute approximate surface area is 212 Å².